The van der Waals surface area contributed by atoms with E-state index in [-0.39, 0.29) is 5.56 Å². The third-order valence-electron chi connectivity index (χ3n) is 3.12. The van der Waals surface area contributed by atoms with Crippen LogP contribution < -0.4 is 10.5 Å². The molecule has 0 aromatic carbocycles. The lowest BCUT2D eigenvalue weighted by molar-refractivity contribution is 0.161. The topological polar surface area (TPSA) is 58.2 Å². The van der Waals surface area contributed by atoms with Crippen LogP contribution in [0.5, 0.6) is 0 Å². The summed E-state index contributed by atoms with van der Waals surface area (Å²) in [5.41, 5.74) is -0.0676. The molecule has 1 fully saturated rings. The van der Waals surface area contributed by atoms with Crippen molar-refractivity contribution in [3.05, 3.63) is 22.2 Å². The van der Waals surface area contributed by atoms with Crippen molar-refractivity contribution in [2.24, 2.45) is 5.92 Å². The Morgan fingerprint density at radius 3 is 3.18 bits per heavy atom. The highest BCUT2D eigenvalue weighted by Crippen LogP contribution is 2.21. The fourth-order valence-electron chi connectivity index (χ4n) is 2.24. The minimum atomic E-state index is -0.0676. The Hall–Kier alpha value is -1.36. The number of hydrogen-bond acceptors (Lipinski definition) is 4. The van der Waals surface area contributed by atoms with Gasteiger partial charge in [-0.2, -0.15) is 0 Å². The second-order valence-electron chi connectivity index (χ2n) is 4.46. The zero-order valence-corrected chi connectivity index (χ0v) is 10.4. The van der Waals surface area contributed by atoms with Crippen LogP contribution in [0.4, 0.5) is 5.82 Å². The van der Waals surface area contributed by atoms with Gasteiger partial charge in [0.05, 0.1) is 6.61 Å². The monoisotopic (exact) mass is 237 g/mol. The molecule has 2 rings (SSSR count). The molecule has 1 aliphatic heterocycles. The Morgan fingerprint density at radius 2 is 2.47 bits per heavy atom. The van der Waals surface area contributed by atoms with Crippen LogP contribution in [0.3, 0.4) is 0 Å². The Balaban J connectivity index is 2.13. The second-order valence-corrected chi connectivity index (χ2v) is 4.46. The number of hydrogen-bond donors (Lipinski definition) is 1. The number of nitrogens with zero attached hydrogens (tertiary/aromatic N) is 2. The van der Waals surface area contributed by atoms with E-state index in [2.05, 4.69) is 14.9 Å². The summed E-state index contributed by atoms with van der Waals surface area (Å²) in [5, 5.41) is 0. The van der Waals surface area contributed by atoms with Crippen molar-refractivity contribution in [3.63, 3.8) is 0 Å². The lowest BCUT2D eigenvalue weighted by Crippen LogP contribution is -2.25. The molecule has 0 spiro atoms. The standard InChI is InChI=1S/C12H19N3O2/c1-3-10-13-11(6-12(16)14-10)15-5-4-9(7-15)8-17-2/h6,9H,3-5,7-8H2,1-2H3,(H,13,14,16). The fourth-order valence-corrected chi connectivity index (χ4v) is 2.24. The first-order chi connectivity index (χ1) is 8.22. The third-order valence-corrected chi connectivity index (χ3v) is 3.12. The number of aromatic amines is 1. The molecule has 94 valence electrons. The lowest BCUT2D eigenvalue weighted by Gasteiger charge is -2.17. The van der Waals surface area contributed by atoms with Crippen LogP contribution in [0.1, 0.15) is 19.2 Å². The second kappa shape index (κ2) is 5.31. The van der Waals surface area contributed by atoms with E-state index in [1.165, 1.54) is 0 Å². The van der Waals surface area contributed by atoms with Crippen molar-refractivity contribution in [1.82, 2.24) is 9.97 Å². The number of ether oxygens (including phenoxy) is 1. The van der Waals surface area contributed by atoms with Gasteiger partial charge in [-0.1, -0.05) is 6.92 Å². The highest BCUT2D eigenvalue weighted by molar-refractivity contribution is 5.38. The van der Waals surface area contributed by atoms with E-state index >= 15 is 0 Å². The summed E-state index contributed by atoms with van der Waals surface area (Å²) in [6.45, 7) is 4.64. The number of anilines is 1. The van der Waals surface area contributed by atoms with E-state index in [0.717, 1.165) is 44.2 Å². The minimum Gasteiger partial charge on any atom is -0.384 e. The molecule has 1 N–H and O–H groups in total. The van der Waals surface area contributed by atoms with Crippen molar-refractivity contribution in [3.8, 4) is 0 Å². The van der Waals surface area contributed by atoms with Crippen LogP contribution in [0, 0.1) is 5.92 Å². The maximum Gasteiger partial charge on any atom is 0.252 e. The van der Waals surface area contributed by atoms with Crippen LogP contribution in [0.25, 0.3) is 0 Å². The average molecular weight is 237 g/mol. The van der Waals surface area contributed by atoms with E-state index in [4.69, 9.17) is 4.74 Å². The Bertz CT molecular complexity index is 430. The summed E-state index contributed by atoms with van der Waals surface area (Å²) >= 11 is 0. The number of methoxy groups -OCH3 is 1. The third kappa shape index (κ3) is 2.85. The molecule has 0 aliphatic carbocycles. The summed E-state index contributed by atoms with van der Waals surface area (Å²) in [4.78, 5) is 20.8. The van der Waals surface area contributed by atoms with Crippen molar-refractivity contribution in [2.75, 3.05) is 31.7 Å². The van der Waals surface area contributed by atoms with Gasteiger partial charge < -0.3 is 14.6 Å². The molecule has 1 unspecified atom stereocenters. The molecule has 0 radical (unpaired) electrons. The first kappa shape index (κ1) is 12.1. The van der Waals surface area contributed by atoms with E-state index in [1.54, 1.807) is 13.2 Å². The van der Waals surface area contributed by atoms with Crippen LogP contribution in [0.2, 0.25) is 0 Å². The van der Waals surface area contributed by atoms with Gasteiger partial charge in [-0.3, -0.25) is 4.79 Å². The number of nitrogens with one attached hydrogen (secondary N) is 1. The highest BCUT2D eigenvalue weighted by atomic mass is 16.5. The summed E-state index contributed by atoms with van der Waals surface area (Å²) in [5.74, 6) is 2.10. The summed E-state index contributed by atoms with van der Waals surface area (Å²) in [6.07, 6.45) is 1.85. The number of rotatable bonds is 4. The van der Waals surface area contributed by atoms with Gasteiger partial charge in [-0.25, -0.2) is 4.98 Å². The molecule has 1 aliphatic rings. The Kier molecular flexibility index (Phi) is 3.78. The maximum absolute atomic E-state index is 11.5. The molecule has 1 aromatic heterocycles. The molecule has 5 heteroatoms. The van der Waals surface area contributed by atoms with Gasteiger partial charge in [0.1, 0.15) is 11.6 Å². The SMILES string of the molecule is CCc1nc(N2CCC(COC)C2)cc(=O)[nH]1. The molecular formula is C12H19N3O2. The molecule has 5 nitrogen and oxygen atoms in total. The van der Waals surface area contributed by atoms with Gasteiger partial charge in [0.25, 0.3) is 5.56 Å². The molecule has 1 atom stereocenters. The zero-order valence-electron chi connectivity index (χ0n) is 10.4. The van der Waals surface area contributed by atoms with Crippen molar-refractivity contribution in [2.45, 2.75) is 19.8 Å². The van der Waals surface area contributed by atoms with Crippen LogP contribution in [0.15, 0.2) is 10.9 Å². The highest BCUT2D eigenvalue weighted by Gasteiger charge is 2.23. The molecule has 0 saturated carbocycles. The van der Waals surface area contributed by atoms with Gasteiger partial charge in [0.2, 0.25) is 0 Å². The quantitative estimate of drug-likeness (QED) is 0.841. The van der Waals surface area contributed by atoms with Gasteiger partial charge in [-0.15, -0.1) is 0 Å². The van der Waals surface area contributed by atoms with Crippen molar-refractivity contribution >= 4 is 5.82 Å². The first-order valence-corrected chi connectivity index (χ1v) is 6.07. The van der Waals surface area contributed by atoms with E-state index in [9.17, 15) is 4.79 Å². The van der Waals surface area contributed by atoms with Gasteiger partial charge in [-0.05, 0) is 6.42 Å². The normalized spacial score (nSPS) is 19.9. The molecule has 0 amide bonds. The molecule has 2 heterocycles. The maximum atomic E-state index is 11.5. The fraction of sp³-hybridized carbons (Fsp3) is 0.667. The van der Waals surface area contributed by atoms with E-state index in [0.29, 0.717) is 5.92 Å². The van der Waals surface area contributed by atoms with E-state index in [1.807, 2.05) is 6.92 Å². The lowest BCUT2D eigenvalue weighted by atomic mass is 10.1. The average Bonchev–Trinajstić information content (AvgIpc) is 2.77. The number of H-pyrrole nitrogens is 1. The molecule has 1 aromatic rings. The number of aromatic nitrogens is 2. The molecule has 17 heavy (non-hydrogen) atoms. The van der Waals surface area contributed by atoms with Crippen LogP contribution in [-0.2, 0) is 11.2 Å². The predicted octanol–water partition coefficient (Wildman–Crippen LogP) is 0.805. The van der Waals surface area contributed by atoms with Gasteiger partial charge in [0.15, 0.2) is 0 Å². The Labute approximate surface area is 101 Å². The van der Waals surface area contributed by atoms with Crippen LogP contribution >= 0.6 is 0 Å². The van der Waals surface area contributed by atoms with Gasteiger partial charge >= 0.3 is 0 Å². The van der Waals surface area contributed by atoms with Gasteiger partial charge in [0, 0.05) is 38.6 Å². The Morgan fingerprint density at radius 1 is 1.65 bits per heavy atom. The largest absolute Gasteiger partial charge is 0.384 e. The number of aryl methyl sites for hydroxylation is 1. The van der Waals surface area contributed by atoms with Crippen molar-refractivity contribution < 1.29 is 4.74 Å². The summed E-state index contributed by atoms with van der Waals surface area (Å²) < 4.78 is 5.16. The van der Waals surface area contributed by atoms with Crippen LogP contribution in [-0.4, -0.2) is 36.8 Å². The summed E-state index contributed by atoms with van der Waals surface area (Å²) in [7, 11) is 1.73. The summed E-state index contributed by atoms with van der Waals surface area (Å²) in [6, 6.07) is 1.58. The molecule has 1 saturated heterocycles. The van der Waals surface area contributed by atoms with E-state index < -0.39 is 0 Å². The first-order valence-electron chi connectivity index (χ1n) is 6.07. The smallest absolute Gasteiger partial charge is 0.252 e. The molecular weight excluding hydrogens is 218 g/mol. The zero-order chi connectivity index (χ0) is 12.3. The predicted molar refractivity (Wildman–Crippen MR) is 66.4 cm³/mol. The minimum absolute atomic E-state index is 0.0676. The van der Waals surface area contributed by atoms with Crippen molar-refractivity contribution in [1.29, 1.82) is 0 Å². The molecule has 0 bridgehead atoms.